The van der Waals surface area contributed by atoms with E-state index in [9.17, 15) is 9.59 Å². The van der Waals surface area contributed by atoms with Gasteiger partial charge in [-0.1, -0.05) is 37.3 Å². The SMILES string of the molecule is CCCn1c(=O)c2nc(-c3ccccc3)nnc2n(C)c1=O. The minimum Gasteiger partial charge on any atom is -0.278 e. The Morgan fingerprint density at radius 1 is 1.09 bits per heavy atom. The molecule has 0 unspecified atom stereocenters. The lowest BCUT2D eigenvalue weighted by atomic mass is 10.2. The molecule has 0 bridgehead atoms. The lowest BCUT2D eigenvalue weighted by Crippen LogP contribution is -2.39. The summed E-state index contributed by atoms with van der Waals surface area (Å²) in [5, 5.41) is 8.04. The quantitative estimate of drug-likeness (QED) is 0.719. The van der Waals surface area contributed by atoms with Crippen LogP contribution in [-0.4, -0.2) is 24.3 Å². The molecule has 0 aliphatic heterocycles. The molecule has 1 aromatic carbocycles. The summed E-state index contributed by atoms with van der Waals surface area (Å²) >= 11 is 0. The van der Waals surface area contributed by atoms with Gasteiger partial charge in [-0.05, 0) is 6.42 Å². The molecule has 0 saturated heterocycles. The first-order valence-corrected chi connectivity index (χ1v) is 7.03. The second-order valence-electron chi connectivity index (χ2n) is 4.97. The molecular weight excluding hydrogens is 282 g/mol. The van der Waals surface area contributed by atoms with Gasteiger partial charge in [0.25, 0.3) is 5.56 Å². The van der Waals surface area contributed by atoms with Gasteiger partial charge >= 0.3 is 5.69 Å². The Kier molecular flexibility index (Phi) is 3.54. The van der Waals surface area contributed by atoms with E-state index in [1.807, 2.05) is 37.3 Å². The summed E-state index contributed by atoms with van der Waals surface area (Å²) in [5.74, 6) is 0.367. The van der Waals surface area contributed by atoms with E-state index in [4.69, 9.17) is 0 Å². The fourth-order valence-electron chi connectivity index (χ4n) is 2.31. The third-order valence-electron chi connectivity index (χ3n) is 3.43. The Hall–Kier alpha value is -2.83. The average molecular weight is 297 g/mol. The zero-order valence-corrected chi connectivity index (χ0v) is 12.4. The van der Waals surface area contributed by atoms with Crippen molar-refractivity contribution < 1.29 is 0 Å². The molecule has 0 atom stereocenters. The van der Waals surface area contributed by atoms with Crippen LogP contribution < -0.4 is 11.2 Å². The molecule has 2 heterocycles. The number of hydrogen-bond acceptors (Lipinski definition) is 5. The van der Waals surface area contributed by atoms with E-state index in [0.29, 0.717) is 18.8 Å². The highest BCUT2D eigenvalue weighted by Gasteiger charge is 2.14. The Bertz CT molecular complexity index is 944. The van der Waals surface area contributed by atoms with Crippen LogP contribution >= 0.6 is 0 Å². The maximum Gasteiger partial charge on any atom is 0.332 e. The topological polar surface area (TPSA) is 82.7 Å². The van der Waals surface area contributed by atoms with Crippen LogP contribution in [0.2, 0.25) is 0 Å². The molecule has 0 saturated carbocycles. The smallest absolute Gasteiger partial charge is 0.278 e. The third-order valence-corrected chi connectivity index (χ3v) is 3.43. The van der Waals surface area contributed by atoms with Crippen molar-refractivity contribution in [3.63, 3.8) is 0 Å². The molecule has 22 heavy (non-hydrogen) atoms. The number of fused-ring (bicyclic) bond motifs is 1. The average Bonchev–Trinajstić information content (AvgIpc) is 2.57. The van der Waals surface area contributed by atoms with Gasteiger partial charge in [-0.2, -0.15) is 0 Å². The van der Waals surface area contributed by atoms with Crippen LogP contribution in [0.25, 0.3) is 22.6 Å². The molecule has 0 aliphatic carbocycles. The van der Waals surface area contributed by atoms with E-state index >= 15 is 0 Å². The van der Waals surface area contributed by atoms with E-state index in [2.05, 4.69) is 15.2 Å². The first-order valence-electron chi connectivity index (χ1n) is 7.03. The monoisotopic (exact) mass is 297 g/mol. The van der Waals surface area contributed by atoms with Gasteiger partial charge in [0.05, 0.1) is 0 Å². The van der Waals surface area contributed by atoms with Crippen molar-refractivity contribution in [2.75, 3.05) is 0 Å². The molecule has 0 N–H and O–H groups in total. The number of aromatic nitrogens is 5. The lowest BCUT2D eigenvalue weighted by Gasteiger charge is -2.08. The highest BCUT2D eigenvalue weighted by Crippen LogP contribution is 2.13. The summed E-state index contributed by atoms with van der Waals surface area (Å²) in [6, 6.07) is 9.29. The molecule has 7 heteroatoms. The van der Waals surface area contributed by atoms with Gasteiger partial charge in [-0.15, -0.1) is 10.2 Å². The Balaban J connectivity index is 2.33. The van der Waals surface area contributed by atoms with E-state index in [1.54, 1.807) is 7.05 Å². The summed E-state index contributed by atoms with van der Waals surface area (Å²) in [7, 11) is 1.56. The van der Waals surface area contributed by atoms with Gasteiger partial charge in [0.15, 0.2) is 17.0 Å². The van der Waals surface area contributed by atoms with Crippen LogP contribution in [0.4, 0.5) is 0 Å². The molecule has 0 radical (unpaired) electrons. The zero-order chi connectivity index (χ0) is 15.7. The van der Waals surface area contributed by atoms with Crippen LogP contribution in [0.5, 0.6) is 0 Å². The predicted molar refractivity (Wildman–Crippen MR) is 82.6 cm³/mol. The van der Waals surface area contributed by atoms with Crippen molar-refractivity contribution in [1.29, 1.82) is 0 Å². The zero-order valence-electron chi connectivity index (χ0n) is 12.4. The molecule has 112 valence electrons. The standard InChI is InChI=1S/C15H15N5O2/c1-3-9-20-14(21)11-13(19(2)15(20)22)18-17-12(16-11)10-7-5-4-6-8-10/h4-8H,3,9H2,1-2H3. The summed E-state index contributed by atoms with van der Waals surface area (Å²) in [6.45, 7) is 2.26. The molecule has 0 aliphatic rings. The molecule has 0 fully saturated rings. The highest BCUT2D eigenvalue weighted by atomic mass is 16.2. The van der Waals surface area contributed by atoms with Crippen molar-refractivity contribution in [3.8, 4) is 11.4 Å². The van der Waals surface area contributed by atoms with Crippen molar-refractivity contribution in [1.82, 2.24) is 24.3 Å². The highest BCUT2D eigenvalue weighted by molar-refractivity contribution is 5.71. The minimum atomic E-state index is -0.424. The van der Waals surface area contributed by atoms with Gasteiger partial charge in [0.2, 0.25) is 0 Å². The maximum absolute atomic E-state index is 12.5. The van der Waals surface area contributed by atoms with Crippen LogP contribution in [-0.2, 0) is 13.6 Å². The van der Waals surface area contributed by atoms with Gasteiger partial charge < -0.3 is 0 Å². The fourth-order valence-corrected chi connectivity index (χ4v) is 2.31. The van der Waals surface area contributed by atoms with Gasteiger partial charge in [0.1, 0.15) is 0 Å². The molecule has 0 amide bonds. The molecule has 7 nitrogen and oxygen atoms in total. The molecule has 3 aromatic rings. The van der Waals surface area contributed by atoms with Crippen molar-refractivity contribution in [3.05, 3.63) is 51.2 Å². The van der Waals surface area contributed by atoms with E-state index in [0.717, 1.165) is 5.56 Å². The van der Waals surface area contributed by atoms with Crippen LogP contribution in [0, 0.1) is 0 Å². The Labute approximate surface area is 125 Å². The van der Waals surface area contributed by atoms with Crippen LogP contribution in [0.15, 0.2) is 39.9 Å². The van der Waals surface area contributed by atoms with Crippen molar-refractivity contribution in [2.45, 2.75) is 19.9 Å². The number of nitrogens with zero attached hydrogens (tertiary/aromatic N) is 5. The molecular formula is C15H15N5O2. The summed E-state index contributed by atoms with van der Waals surface area (Å²) in [5.41, 5.74) is 0.300. The number of aryl methyl sites for hydroxylation is 1. The van der Waals surface area contributed by atoms with Crippen molar-refractivity contribution in [2.24, 2.45) is 7.05 Å². The first kappa shape index (κ1) is 14.1. The van der Waals surface area contributed by atoms with E-state index in [1.165, 1.54) is 9.13 Å². The Morgan fingerprint density at radius 3 is 2.50 bits per heavy atom. The summed E-state index contributed by atoms with van der Waals surface area (Å²) in [4.78, 5) is 29.0. The van der Waals surface area contributed by atoms with Gasteiger partial charge in [0, 0.05) is 19.2 Å². The predicted octanol–water partition coefficient (Wildman–Crippen LogP) is 0.962. The third kappa shape index (κ3) is 2.20. The number of benzene rings is 1. The molecule has 2 aromatic heterocycles. The second-order valence-corrected chi connectivity index (χ2v) is 4.97. The van der Waals surface area contributed by atoms with Gasteiger partial charge in [-0.3, -0.25) is 13.9 Å². The van der Waals surface area contributed by atoms with Crippen LogP contribution in [0.3, 0.4) is 0 Å². The summed E-state index contributed by atoms with van der Waals surface area (Å²) < 4.78 is 2.49. The minimum absolute atomic E-state index is 0.157. The number of rotatable bonds is 3. The largest absolute Gasteiger partial charge is 0.332 e. The first-order chi connectivity index (χ1) is 10.6. The molecule has 0 spiro atoms. The van der Waals surface area contributed by atoms with Gasteiger partial charge in [-0.25, -0.2) is 9.78 Å². The number of hydrogen-bond donors (Lipinski definition) is 0. The van der Waals surface area contributed by atoms with E-state index < -0.39 is 11.2 Å². The maximum atomic E-state index is 12.5. The summed E-state index contributed by atoms with van der Waals surface area (Å²) in [6.07, 6.45) is 0.685. The van der Waals surface area contributed by atoms with Crippen molar-refractivity contribution >= 4 is 11.2 Å². The second kappa shape index (κ2) is 5.51. The van der Waals surface area contributed by atoms with E-state index in [-0.39, 0.29) is 11.2 Å². The Morgan fingerprint density at radius 2 is 1.82 bits per heavy atom. The van der Waals surface area contributed by atoms with Crippen LogP contribution in [0.1, 0.15) is 13.3 Å². The fraction of sp³-hybridized carbons (Fsp3) is 0.267. The normalized spacial score (nSPS) is 11.0. The lowest BCUT2D eigenvalue weighted by molar-refractivity contribution is 0.589. The molecule has 3 rings (SSSR count).